The topological polar surface area (TPSA) is 65.2 Å². The Bertz CT molecular complexity index is 549. The van der Waals surface area contributed by atoms with Gasteiger partial charge in [-0.05, 0) is 6.07 Å². The quantitative estimate of drug-likeness (QED) is 0.755. The lowest BCUT2D eigenvalue weighted by Gasteiger charge is -2.02. The number of aromatic nitrogens is 2. The van der Waals surface area contributed by atoms with Crippen LogP contribution in [0.1, 0.15) is 28.7 Å². The number of ether oxygens (including phenoxy) is 1. The summed E-state index contributed by atoms with van der Waals surface area (Å²) in [5.74, 6) is 1.15. The number of rotatable bonds is 5. The predicted molar refractivity (Wildman–Crippen MR) is 64.7 cm³/mol. The Morgan fingerprint density at radius 1 is 1.44 bits per heavy atom. The monoisotopic (exact) mass is 246 g/mol. The first-order valence-corrected chi connectivity index (χ1v) is 5.69. The van der Waals surface area contributed by atoms with Crippen molar-refractivity contribution >= 4 is 5.78 Å². The predicted octanol–water partition coefficient (Wildman–Crippen LogP) is 2.07. The molecule has 18 heavy (non-hydrogen) atoms. The highest BCUT2D eigenvalue weighted by molar-refractivity contribution is 5.98. The van der Waals surface area contributed by atoms with Crippen LogP contribution in [-0.4, -0.2) is 22.9 Å². The minimum absolute atomic E-state index is 0.0126. The SMILES string of the molecule is CCc1occc1C(=O)Cc1cc(OC)ncn1. The first-order chi connectivity index (χ1) is 8.74. The third-order valence-electron chi connectivity index (χ3n) is 2.62. The fourth-order valence-corrected chi connectivity index (χ4v) is 1.71. The van der Waals surface area contributed by atoms with Crippen LogP contribution in [0.3, 0.4) is 0 Å². The zero-order valence-corrected chi connectivity index (χ0v) is 10.3. The Hall–Kier alpha value is -2.17. The van der Waals surface area contributed by atoms with Crippen molar-refractivity contribution in [3.63, 3.8) is 0 Å². The highest BCUT2D eigenvalue weighted by Crippen LogP contribution is 2.15. The molecule has 0 unspecified atom stereocenters. The fourth-order valence-electron chi connectivity index (χ4n) is 1.71. The van der Waals surface area contributed by atoms with Crippen LogP contribution in [0.25, 0.3) is 0 Å². The number of carbonyl (C=O) groups excluding carboxylic acids is 1. The average molecular weight is 246 g/mol. The van der Waals surface area contributed by atoms with Gasteiger partial charge in [-0.2, -0.15) is 0 Å². The molecular weight excluding hydrogens is 232 g/mol. The van der Waals surface area contributed by atoms with Gasteiger partial charge in [0.1, 0.15) is 12.1 Å². The minimum Gasteiger partial charge on any atom is -0.481 e. The first kappa shape index (κ1) is 12.3. The van der Waals surface area contributed by atoms with Gasteiger partial charge in [0.2, 0.25) is 5.88 Å². The lowest BCUT2D eigenvalue weighted by atomic mass is 10.1. The third kappa shape index (κ3) is 2.56. The number of Topliss-reactive ketones (excluding diaryl/α,β-unsaturated/α-hetero) is 1. The summed E-state index contributed by atoms with van der Waals surface area (Å²) in [5, 5.41) is 0. The van der Waals surface area contributed by atoms with Crippen molar-refractivity contribution < 1.29 is 13.9 Å². The molecule has 0 saturated heterocycles. The van der Waals surface area contributed by atoms with E-state index in [2.05, 4.69) is 9.97 Å². The Morgan fingerprint density at radius 2 is 2.28 bits per heavy atom. The van der Waals surface area contributed by atoms with Crippen molar-refractivity contribution in [2.75, 3.05) is 7.11 Å². The summed E-state index contributed by atoms with van der Waals surface area (Å²) in [6, 6.07) is 3.35. The van der Waals surface area contributed by atoms with Crippen LogP contribution in [0, 0.1) is 0 Å². The van der Waals surface area contributed by atoms with Gasteiger partial charge in [-0.25, -0.2) is 9.97 Å². The molecule has 0 saturated carbocycles. The molecule has 5 nitrogen and oxygen atoms in total. The summed E-state index contributed by atoms with van der Waals surface area (Å²) in [6.07, 6.45) is 3.83. The Labute approximate surface area is 105 Å². The van der Waals surface area contributed by atoms with Gasteiger partial charge in [0, 0.05) is 12.5 Å². The molecule has 0 aliphatic heterocycles. The van der Waals surface area contributed by atoms with Gasteiger partial charge in [-0.1, -0.05) is 6.92 Å². The maximum absolute atomic E-state index is 12.1. The fraction of sp³-hybridized carbons (Fsp3) is 0.308. The molecule has 0 amide bonds. The molecule has 5 heteroatoms. The summed E-state index contributed by atoms with van der Waals surface area (Å²) >= 11 is 0. The van der Waals surface area contributed by atoms with Crippen LogP contribution in [-0.2, 0) is 12.8 Å². The van der Waals surface area contributed by atoms with Gasteiger partial charge < -0.3 is 9.15 Å². The molecule has 0 aromatic carbocycles. The van der Waals surface area contributed by atoms with Crippen LogP contribution < -0.4 is 4.74 Å². The van der Waals surface area contributed by atoms with Gasteiger partial charge >= 0.3 is 0 Å². The molecule has 2 rings (SSSR count). The smallest absolute Gasteiger partial charge is 0.216 e. The Balaban J connectivity index is 2.16. The molecule has 94 valence electrons. The summed E-state index contributed by atoms with van der Waals surface area (Å²) in [4.78, 5) is 20.0. The van der Waals surface area contributed by atoms with Crippen LogP contribution in [0.15, 0.2) is 29.1 Å². The highest BCUT2D eigenvalue weighted by Gasteiger charge is 2.14. The van der Waals surface area contributed by atoms with E-state index >= 15 is 0 Å². The molecule has 0 aliphatic carbocycles. The van der Waals surface area contributed by atoms with Crippen molar-refractivity contribution in [3.05, 3.63) is 41.7 Å². The zero-order valence-electron chi connectivity index (χ0n) is 10.3. The van der Waals surface area contributed by atoms with E-state index in [0.29, 0.717) is 29.3 Å². The molecule has 2 aromatic rings. The number of aryl methyl sites for hydroxylation is 1. The number of methoxy groups -OCH3 is 1. The van der Waals surface area contributed by atoms with Gasteiger partial charge in [-0.3, -0.25) is 4.79 Å². The van der Waals surface area contributed by atoms with Crippen molar-refractivity contribution in [3.8, 4) is 5.88 Å². The van der Waals surface area contributed by atoms with E-state index in [1.165, 1.54) is 19.7 Å². The normalized spacial score (nSPS) is 10.3. The molecule has 0 N–H and O–H groups in total. The standard InChI is InChI=1S/C13H14N2O3/c1-3-12-10(4-5-18-12)11(16)6-9-7-13(17-2)15-8-14-9/h4-5,7-8H,3,6H2,1-2H3. The second-order valence-corrected chi connectivity index (χ2v) is 3.76. The molecule has 2 aromatic heterocycles. The lowest BCUT2D eigenvalue weighted by molar-refractivity contribution is 0.0990. The van der Waals surface area contributed by atoms with E-state index in [1.807, 2.05) is 6.92 Å². The van der Waals surface area contributed by atoms with Crippen molar-refractivity contribution in [2.45, 2.75) is 19.8 Å². The van der Waals surface area contributed by atoms with Crippen LogP contribution in [0.5, 0.6) is 5.88 Å². The minimum atomic E-state index is -0.0126. The Kier molecular flexibility index (Phi) is 3.72. The van der Waals surface area contributed by atoms with E-state index < -0.39 is 0 Å². The van der Waals surface area contributed by atoms with Crippen molar-refractivity contribution in [1.82, 2.24) is 9.97 Å². The third-order valence-corrected chi connectivity index (χ3v) is 2.62. The van der Waals surface area contributed by atoms with E-state index in [-0.39, 0.29) is 12.2 Å². The number of carbonyl (C=O) groups is 1. The maximum atomic E-state index is 12.1. The molecule has 0 spiro atoms. The number of furan rings is 1. The number of nitrogens with zero attached hydrogens (tertiary/aromatic N) is 2. The number of hydrogen-bond donors (Lipinski definition) is 0. The molecular formula is C13H14N2O3. The molecule has 0 radical (unpaired) electrons. The van der Waals surface area contributed by atoms with E-state index in [1.54, 1.807) is 12.1 Å². The zero-order chi connectivity index (χ0) is 13.0. The number of hydrogen-bond acceptors (Lipinski definition) is 5. The summed E-state index contributed by atoms with van der Waals surface area (Å²) in [6.45, 7) is 1.95. The van der Waals surface area contributed by atoms with Gasteiger partial charge in [0.15, 0.2) is 5.78 Å². The van der Waals surface area contributed by atoms with Crippen LogP contribution in [0.2, 0.25) is 0 Å². The van der Waals surface area contributed by atoms with E-state index in [4.69, 9.17) is 9.15 Å². The average Bonchev–Trinajstić information content (AvgIpc) is 2.87. The Morgan fingerprint density at radius 3 is 3.00 bits per heavy atom. The van der Waals surface area contributed by atoms with Crippen LogP contribution >= 0.6 is 0 Å². The second-order valence-electron chi connectivity index (χ2n) is 3.76. The van der Waals surface area contributed by atoms with E-state index in [0.717, 1.165) is 0 Å². The summed E-state index contributed by atoms with van der Waals surface area (Å²) in [7, 11) is 1.53. The molecule has 2 heterocycles. The molecule has 0 bridgehead atoms. The van der Waals surface area contributed by atoms with Crippen LogP contribution in [0.4, 0.5) is 0 Å². The first-order valence-electron chi connectivity index (χ1n) is 5.69. The molecule has 0 fully saturated rings. The second kappa shape index (κ2) is 5.44. The summed E-state index contributed by atoms with van der Waals surface area (Å²) in [5.41, 5.74) is 1.25. The maximum Gasteiger partial charge on any atom is 0.216 e. The molecule has 0 aliphatic rings. The van der Waals surface area contributed by atoms with Gasteiger partial charge in [0.25, 0.3) is 0 Å². The largest absolute Gasteiger partial charge is 0.481 e. The summed E-state index contributed by atoms with van der Waals surface area (Å²) < 4.78 is 10.2. The van der Waals surface area contributed by atoms with E-state index in [9.17, 15) is 4.79 Å². The van der Waals surface area contributed by atoms with Gasteiger partial charge in [0.05, 0.1) is 31.1 Å². The molecule has 0 atom stereocenters. The lowest BCUT2D eigenvalue weighted by Crippen LogP contribution is -2.06. The number of ketones is 1. The van der Waals surface area contributed by atoms with Crippen molar-refractivity contribution in [2.24, 2.45) is 0 Å². The van der Waals surface area contributed by atoms with Gasteiger partial charge in [-0.15, -0.1) is 0 Å². The highest BCUT2D eigenvalue weighted by atomic mass is 16.5. The van der Waals surface area contributed by atoms with Crippen molar-refractivity contribution in [1.29, 1.82) is 0 Å².